The van der Waals surface area contributed by atoms with Crippen LogP contribution in [0.1, 0.15) is 5.69 Å². The zero-order valence-electron chi connectivity index (χ0n) is 19.5. The van der Waals surface area contributed by atoms with Gasteiger partial charge in [-0.05, 0) is 30.3 Å². The molecule has 0 aliphatic carbocycles. The molecule has 0 bridgehead atoms. The number of methoxy groups -OCH3 is 3. The predicted octanol–water partition coefficient (Wildman–Crippen LogP) is 4.63. The maximum Gasteiger partial charge on any atom is 0.411 e. The smallest absolute Gasteiger partial charge is 0.411 e. The van der Waals surface area contributed by atoms with Crippen molar-refractivity contribution in [1.82, 2.24) is 15.0 Å². The molecular weight excluding hydrogens is 452 g/mol. The molecule has 1 amide bonds. The molecule has 0 fully saturated rings. The number of pyridine rings is 1. The third-order valence-electron chi connectivity index (χ3n) is 5.05. The molecule has 10 heteroatoms. The van der Waals surface area contributed by atoms with Gasteiger partial charge >= 0.3 is 6.09 Å². The molecule has 2 aromatic heterocycles. The van der Waals surface area contributed by atoms with Crippen LogP contribution in [0.4, 0.5) is 10.5 Å². The van der Waals surface area contributed by atoms with Crippen molar-refractivity contribution in [1.29, 1.82) is 0 Å². The fourth-order valence-corrected chi connectivity index (χ4v) is 3.33. The van der Waals surface area contributed by atoms with Gasteiger partial charge in [0.05, 0.1) is 44.5 Å². The third kappa shape index (κ3) is 5.67. The summed E-state index contributed by atoms with van der Waals surface area (Å²) in [6.07, 6.45) is 3.01. The summed E-state index contributed by atoms with van der Waals surface area (Å²) in [5.74, 6) is 2.24. The van der Waals surface area contributed by atoms with Gasteiger partial charge in [0.25, 0.3) is 0 Å². The molecule has 0 radical (unpaired) electrons. The molecule has 180 valence electrons. The molecule has 4 aromatic rings. The average molecular weight is 476 g/mol. The number of ether oxygens (including phenoxy) is 5. The number of aromatic nitrogens is 3. The van der Waals surface area contributed by atoms with E-state index >= 15 is 0 Å². The summed E-state index contributed by atoms with van der Waals surface area (Å²) >= 11 is 0. The second-order valence-corrected chi connectivity index (χ2v) is 7.20. The van der Waals surface area contributed by atoms with Gasteiger partial charge in [-0.2, -0.15) is 0 Å². The number of benzene rings is 2. The number of amides is 1. The Morgan fingerprint density at radius 3 is 2.43 bits per heavy atom. The Morgan fingerprint density at radius 2 is 1.69 bits per heavy atom. The van der Waals surface area contributed by atoms with E-state index in [0.29, 0.717) is 51.9 Å². The van der Waals surface area contributed by atoms with Crippen LogP contribution in [0.2, 0.25) is 0 Å². The van der Waals surface area contributed by atoms with Crippen molar-refractivity contribution in [3.63, 3.8) is 0 Å². The van der Waals surface area contributed by atoms with Crippen LogP contribution in [0.3, 0.4) is 0 Å². The Morgan fingerprint density at radius 1 is 0.886 bits per heavy atom. The number of nitrogens with zero attached hydrogens (tertiary/aromatic N) is 3. The zero-order chi connectivity index (χ0) is 24.6. The first-order chi connectivity index (χ1) is 17.1. The van der Waals surface area contributed by atoms with E-state index in [4.69, 9.17) is 23.7 Å². The predicted molar refractivity (Wildman–Crippen MR) is 129 cm³/mol. The topological polar surface area (TPSA) is 114 Å². The van der Waals surface area contributed by atoms with Crippen molar-refractivity contribution >= 4 is 22.7 Å². The van der Waals surface area contributed by atoms with Crippen LogP contribution in [-0.4, -0.2) is 49.0 Å². The van der Waals surface area contributed by atoms with E-state index in [-0.39, 0.29) is 6.61 Å². The first kappa shape index (κ1) is 23.6. The molecule has 0 unspecified atom stereocenters. The van der Waals surface area contributed by atoms with Crippen molar-refractivity contribution < 1.29 is 28.5 Å². The molecule has 0 aliphatic rings. The quantitative estimate of drug-likeness (QED) is 0.369. The number of hydrogen-bond donors (Lipinski definition) is 1. The van der Waals surface area contributed by atoms with Gasteiger partial charge in [-0.1, -0.05) is 6.07 Å². The molecular formula is C25H24N4O6. The number of nitrogens with one attached hydrogen (secondary N) is 1. The Labute approximate surface area is 201 Å². The van der Waals surface area contributed by atoms with Crippen molar-refractivity contribution in [2.75, 3.05) is 33.3 Å². The molecule has 1 N–H and O–H groups in total. The van der Waals surface area contributed by atoms with Gasteiger partial charge < -0.3 is 23.7 Å². The van der Waals surface area contributed by atoms with Crippen LogP contribution in [0.15, 0.2) is 61.1 Å². The Hall–Kier alpha value is -4.60. The number of fused-ring (bicyclic) bond motifs is 1. The van der Waals surface area contributed by atoms with E-state index in [9.17, 15) is 4.79 Å². The Balaban J connectivity index is 1.46. The van der Waals surface area contributed by atoms with Crippen LogP contribution in [0, 0.1) is 0 Å². The maximum atomic E-state index is 12.2. The second kappa shape index (κ2) is 11.0. The Bertz CT molecular complexity index is 1320. The van der Waals surface area contributed by atoms with Gasteiger partial charge in [0, 0.05) is 30.4 Å². The summed E-state index contributed by atoms with van der Waals surface area (Å²) in [6, 6.07) is 14.1. The van der Waals surface area contributed by atoms with Crippen LogP contribution in [-0.2, 0) is 11.2 Å². The van der Waals surface area contributed by atoms with Crippen LogP contribution in [0.25, 0.3) is 10.9 Å². The molecule has 10 nitrogen and oxygen atoms in total. The van der Waals surface area contributed by atoms with Gasteiger partial charge in [0.15, 0.2) is 11.5 Å². The standard InChI is InChI=1S/C25H24N4O6/c1-31-21-12-17(7-8-19(21)29-25(30)34-11-9-16-6-4-5-10-26-16)35-24-18-13-22(32-2)23(33-3)14-20(18)27-15-28-24/h4-8,10,12-15H,9,11H2,1-3H3,(H,29,30). The highest BCUT2D eigenvalue weighted by molar-refractivity contribution is 5.88. The highest BCUT2D eigenvalue weighted by Gasteiger charge is 2.14. The minimum Gasteiger partial charge on any atom is -0.494 e. The highest BCUT2D eigenvalue weighted by Crippen LogP contribution is 2.37. The molecule has 0 saturated carbocycles. The van der Waals surface area contributed by atoms with E-state index in [2.05, 4.69) is 20.3 Å². The number of carbonyl (C=O) groups is 1. The van der Waals surface area contributed by atoms with Gasteiger partial charge in [-0.15, -0.1) is 0 Å². The largest absolute Gasteiger partial charge is 0.494 e. The average Bonchev–Trinajstić information content (AvgIpc) is 2.89. The van der Waals surface area contributed by atoms with Crippen molar-refractivity contribution in [2.24, 2.45) is 0 Å². The lowest BCUT2D eigenvalue weighted by Gasteiger charge is -2.14. The fourth-order valence-electron chi connectivity index (χ4n) is 3.33. The zero-order valence-corrected chi connectivity index (χ0v) is 19.5. The fraction of sp³-hybridized carbons (Fsp3) is 0.200. The molecule has 0 aliphatic heterocycles. The molecule has 0 spiro atoms. The van der Waals surface area contributed by atoms with Gasteiger partial charge in [0.2, 0.25) is 5.88 Å². The molecule has 35 heavy (non-hydrogen) atoms. The number of rotatable bonds is 9. The summed E-state index contributed by atoms with van der Waals surface area (Å²) in [5, 5.41) is 3.32. The van der Waals surface area contributed by atoms with E-state index in [1.54, 1.807) is 50.7 Å². The van der Waals surface area contributed by atoms with E-state index < -0.39 is 6.09 Å². The van der Waals surface area contributed by atoms with Crippen molar-refractivity contribution in [2.45, 2.75) is 6.42 Å². The molecule has 2 heterocycles. The lowest BCUT2D eigenvalue weighted by atomic mass is 10.2. The van der Waals surface area contributed by atoms with Crippen molar-refractivity contribution in [3.05, 3.63) is 66.7 Å². The van der Waals surface area contributed by atoms with Gasteiger partial charge in [-0.25, -0.2) is 14.8 Å². The first-order valence-electron chi connectivity index (χ1n) is 10.7. The first-order valence-corrected chi connectivity index (χ1v) is 10.7. The van der Waals surface area contributed by atoms with Crippen molar-refractivity contribution in [3.8, 4) is 28.9 Å². The number of carbonyl (C=O) groups excluding carboxylic acids is 1. The lowest BCUT2D eigenvalue weighted by Crippen LogP contribution is -2.16. The third-order valence-corrected chi connectivity index (χ3v) is 5.05. The highest BCUT2D eigenvalue weighted by atomic mass is 16.5. The molecule has 0 saturated heterocycles. The second-order valence-electron chi connectivity index (χ2n) is 7.20. The van der Waals surface area contributed by atoms with Crippen LogP contribution in [0.5, 0.6) is 28.9 Å². The van der Waals surface area contributed by atoms with E-state index in [1.807, 2.05) is 18.2 Å². The normalized spacial score (nSPS) is 10.5. The summed E-state index contributed by atoms with van der Waals surface area (Å²) in [5.41, 5.74) is 1.90. The SMILES string of the molecule is COc1cc(Oc2ncnc3cc(OC)c(OC)cc23)ccc1NC(=O)OCCc1ccccn1. The molecule has 0 atom stereocenters. The van der Waals surface area contributed by atoms with Crippen LogP contribution < -0.4 is 24.3 Å². The molecule has 4 rings (SSSR count). The van der Waals surface area contributed by atoms with Gasteiger partial charge in [0.1, 0.15) is 17.8 Å². The summed E-state index contributed by atoms with van der Waals surface area (Å²) in [7, 11) is 4.60. The number of hydrogen-bond acceptors (Lipinski definition) is 9. The minimum absolute atomic E-state index is 0.196. The van der Waals surface area contributed by atoms with Crippen LogP contribution >= 0.6 is 0 Å². The van der Waals surface area contributed by atoms with E-state index in [0.717, 1.165) is 5.69 Å². The maximum absolute atomic E-state index is 12.2. The number of anilines is 1. The summed E-state index contributed by atoms with van der Waals surface area (Å²) in [6.45, 7) is 0.196. The monoisotopic (exact) mass is 476 g/mol. The lowest BCUT2D eigenvalue weighted by molar-refractivity contribution is 0.162. The van der Waals surface area contributed by atoms with Gasteiger partial charge in [-0.3, -0.25) is 10.3 Å². The Kier molecular flexibility index (Phi) is 7.41. The summed E-state index contributed by atoms with van der Waals surface area (Å²) < 4.78 is 27.4. The minimum atomic E-state index is -0.601. The molecule has 2 aromatic carbocycles. The summed E-state index contributed by atoms with van der Waals surface area (Å²) in [4.78, 5) is 25.0. The van der Waals surface area contributed by atoms with E-state index in [1.165, 1.54) is 13.4 Å².